The van der Waals surface area contributed by atoms with E-state index in [1.54, 1.807) is 0 Å². The average Bonchev–Trinajstić information content (AvgIpc) is 3.26. The standard InChI is InChI=1S/C23H25N3O2/c27-22(21-16-28-23(26-21)19-11-13-24-14-12-19)25-15-20(17-7-3-1-4-8-17)18-9-5-2-6-10-18/h1-10,16,19-20,24H,11-15H2,(H,25,27). The van der Waals surface area contributed by atoms with Crippen LogP contribution in [0.3, 0.4) is 0 Å². The lowest BCUT2D eigenvalue weighted by atomic mass is 9.91. The first-order valence-electron chi connectivity index (χ1n) is 9.85. The molecule has 2 N–H and O–H groups in total. The molecule has 1 aliphatic heterocycles. The van der Waals surface area contributed by atoms with Crippen LogP contribution < -0.4 is 10.6 Å². The Labute approximate surface area is 165 Å². The number of aromatic nitrogens is 1. The molecule has 2 aromatic carbocycles. The molecule has 0 bridgehead atoms. The van der Waals surface area contributed by atoms with E-state index in [2.05, 4.69) is 39.9 Å². The van der Waals surface area contributed by atoms with Gasteiger partial charge in [-0.15, -0.1) is 0 Å². The molecule has 0 aliphatic carbocycles. The van der Waals surface area contributed by atoms with Crippen molar-refractivity contribution in [3.8, 4) is 0 Å². The van der Waals surface area contributed by atoms with Gasteiger partial charge in [-0.1, -0.05) is 60.7 Å². The van der Waals surface area contributed by atoms with Crippen molar-refractivity contribution in [2.45, 2.75) is 24.7 Å². The monoisotopic (exact) mass is 375 g/mol. The van der Waals surface area contributed by atoms with Crippen molar-refractivity contribution >= 4 is 5.91 Å². The van der Waals surface area contributed by atoms with Gasteiger partial charge in [-0.2, -0.15) is 0 Å². The minimum absolute atomic E-state index is 0.0853. The number of piperidine rings is 1. The molecule has 28 heavy (non-hydrogen) atoms. The second-order valence-corrected chi connectivity index (χ2v) is 7.18. The molecule has 0 atom stereocenters. The predicted octanol–water partition coefficient (Wildman–Crippen LogP) is 3.70. The summed E-state index contributed by atoms with van der Waals surface area (Å²) in [4.78, 5) is 17.1. The third-order valence-electron chi connectivity index (χ3n) is 5.31. The van der Waals surface area contributed by atoms with Gasteiger partial charge in [0.05, 0.1) is 0 Å². The van der Waals surface area contributed by atoms with Crippen LogP contribution in [-0.2, 0) is 0 Å². The number of nitrogens with one attached hydrogen (secondary N) is 2. The van der Waals surface area contributed by atoms with Gasteiger partial charge in [0.25, 0.3) is 5.91 Å². The third-order valence-corrected chi connectivity index (χ3v) is 5.31. The molecule has 1 saturated heterocycles. The fraction of sp³-hybridized carbons (Fsp3) is 0.304. The van der Waals surface area contributed by atoms with Crippen molar-refractivity contribution in [2.75, 3.05) is 19.6 Å². The van der Waals surface area contributed by atoms with Crippen molar-refractivity contribution < 1.29 is 9.21 Å². The van der Waals surface area contributed by atoms with Crippen molar-refractivity contribution in [3.63, 3.8) is 0 Å². The quantitative estimate of drug-likeness (QED) is 0.689. The Balaban J connectivity index is 1.45. The van der Waals surface area contributed by atoms with Gasteiger partial charge in [0, 0.05) is 18.4 Å². The number of carbonyl (C=O) groups is 1. The first-order valence-corrected chi connectivity index (χ1v) is 9.85. The van der Waals surface area contributed by atoms with E-state index in [9.17, 15) is 4.79 Å². The van der Waals surface area contributed by atoms with Crippen molar-refractivity contribution in [2.24, 2.45) is 0 Å². The van der Waals surface area contributed by atoms with E-state index >= 15 is 0 Å². The van der Waals surface area contributed by atoms with Crippen molar-refractivity contribution in [3.05, 3.63) is 89.6 Å². The molecular weight excluding hydrogens is 350 g/mol. The Hall–Kier alpha value is -2.92. The number of nitrogens with zero attached hydrogens (tertiary/aromatic N) is 1. The van der Waals surface area contributed by atoms with Gasteiger partial charge in [-0.25, -0.2) is 4.98 Å². The first-order chi connectivity index (χ1) is 13.8. The van der Waals surface area contributed by atoms with Gasteiger partial charge in [0.2, 0.25) is 0 Å². The second-order valence-electron chi connectivity index (χ2n) is 7.18. The molecule has 0 spiro atoms. The van der Waals surface area contributed by atoms with E-state index < -0.39 is 0 Å². The highest BCUT2D eigenvalue weighted by Crippen LogP contribution is 2.25. The van der Waals surface area contributed by atoms with E-state index in [4.69, 9.17) is 4.42 Å². The summed E-state index contributed by atoms with van der Waals surface area (Å²) in [6.07, 6.45) is 3.46. The zero-order valence-corrected chi connectivity index (χ0v) is 15.8. The summed E-state index contributed by atoms with van der Waals surface area (Å²) >= 11 is 0. The summed E-state index contributed by atoms with van der Waals surface area (Å²) in [5, 5.41) is 6.37. The van der Waals surface area contributed by atoms with E-state index in [0.29, 0.717) is 24.0 Å². The molecule has 0 unspecified atom stereocenters. The highest BCUT2D eigenvalue weighted by Gasteiger charge is 2.22. The second kappa shape index (κ2) is 8.85. The van der Waals surface area contributed by atoms with Gasteiger partial charge in [0.15, 0.2) is 11.6 Å². The van der Waals surface area contributed by atoms with Crippen LogP contribution in [0, 0.1) is 0 Å². The number of hydrogen-bond acceptors (Lipinski definition) is 4. The lowest BCUT2D eigenvalue weighted by molar-refractivity contribution is 0.0947. The zero-order chi connectivity index (χ0) is 19.2. The summed E-state index contributed by atoms with van der Waals surface area (Å²) in [5.74, 6) is 0.862. The van der Waals surface area contributed by atoms with E-state index in [0.717, 1.165) is 25.9 Å². The highest BCUT2D eigenvalue weighted by molar-refractivity contribution is 5.92. The maximum absolute atomic E-state index is 12.7. The third kappa shape index (κ3) is 4.31. The normalized spacial score (nSPS) is 14.9. The molecule has 1 amide bonds. The molecule has 5 nitrogen and oxygen atoms in total. The summed E-state index contributed by atoms with van der Waals surface area (Å²) in [5.41, 5.74) is 2.70. The Morgan fingerprint density at radius 3 is 2.25 bits per heavy atom. The van der Waals surface area contributed by atoms with Crippen LogP contribution in [0.5, 0.6) is 0 Å². The van der Waals surface area contributed by atoms with Gasteiger partial charge >= 0.3 is 0 Å². The minimum atomic E-state index is -0.194. The lowest BCUT2D eigenvalue weighted by Gasteiger charge is -2.19. The van der Waals surface area contributed by atoms with Crippen LogP contribution in [0.15, 0.2) is 71.3 Å². The average molecular weight is 375 g/mol. The van der Waals surface area contributed by atoms with Crippen LogP contribution in [0.1, 0.15) is 52.2 Å². The SMILES string of the molecule is O=C(NCC(c1ccccc1)c1ccccc1)c1coc(C2CCNCC2)n1. The molecule has 3 aromatic rings. The van der Waals surface area contributed by atoms with Crippen LogP contribution in [-0.4, -0.2) is 30.5 Å². The molecule has 1 fully saturated rings. The highest BCUT2D eigenvalue weighted by atomic mass is 16.3. The summed E-state index contributed by atoms with van der Waals surface area (Å²) in [7, 11) is 0. The lowest BCUT2D eigenvalue weighted by Crippen LogP contribution is -2.29. The zero-order valence-electron chi connectivity index (χ0n) is 15.8. The van der Waals surface area contributed by atoms with Crippen LogP contribution in [0.4, 0.5) is 0 Å². The molecule has 5 heteroatoms. The molecule has 0 saturated carbocycles. The van der Waals surface area contributed by atoms with Crippen LogP contribution >= 0.6 is 0 Å². The molecule has 144 valence electrons. The van der Waals surface area contributed by atoms with E-state index in [-0.39, 0.29) is 11.8 Å². The summed E-state index contributed by atoms with van der Waals surface area (Å²) in [6.45, 7) is 2.43. The maximum atomic E-state index is 12.7. The van der Waals surface area contributed by atoms with E-state index in [1.807, 2.05) is 36.4 Å². The first kappa shape index (κ1) is 18.4. The minimum Gasteiger partial charge on any atom is -0.448 e. The Morgan fingerprint density at radius 1 is 1.04 bits per heavy atom. The van der Waals surface area contributed by atoms with Gasteiger partial charge in [-0.05, 0) is 37.1 Å². The Morgan fingerprint density at radius 2 is 1.64 bits per heavy atom. The molecule has 1 aromatic heterocycles. The number of carbonyl (C=O) groups excluding carboxylic acids is 1. The molecular formula is C23H25N3O2. The van der Waals surface area contributed by atoms with Gasteiger partial charge in [0.1, 0.15) is 6.26 Å². The van der Waals surface area contributed by atoms with Crippen molar-refractivity contribution in [1.82, 2.24) is 15.6 Å². The predicted molar refractivity (Wildman–Crippen MR) is 108 cm³/mol. The molecule has 0 radical (unpaired) electrons. The van der Waals surface area contributed by atoms with E-state index in [1.165, 1.54) is 17.4 Å². The summed E-state index contributed by atoms with van der Waals surface area (Å²) in [6, 6.07) is 20.5. The summed E-state index contributed by atoms with van der Waals surface area (Å²) < 4.78 is 5.60. The fourth-order valence-corrected chi connectivity index (χ4v) is 3.73. The largest absolute Gasteiger partial charge is 0.448 e. The molecule has 1 aliphatic rings. The fourth-order valence-electron chi connectivity index (χ4n) is 3.73. The Bertz CT molecular complexity index is 847. The van der Waals surface area contributed by atoms with Crippen molar-refractivity contribution in [1.29, 1.82) is 0 Å². The number of amides is 1. The Kier molecular flexibility index (Phi) is 5.83. The number of hydrogen-bond donors (Lipinski definition) is 2. The molecule has 2 heterocycles. The number of oxazole rings is 1. The number of rotatable bonds is 6. The maximum Gasteiger partial charge on any atom is 0.273 e. The van der Waals surface area contributed by atoms with Gasteiger partial charge in [-0.3, -0.25) is 4.79 Å². The topological polar surface area (TPSA) is 67.2 Å². The number of benzene rings is 2. The van der Waals surface area contributed by atoms with Crippen LogP contribution in [0.2, 0.25) is 0 Å². The van der Waals surface area contributed by atoms with Crippen LogP contribution in [0.25, 0.3) is 0 Å². The molecule has 4 rings (SSSR count). The smallest absolute Gasteiger partial charge is 0.273 e. The van der Waals surface area contributed by atoms with Gasteiger partial charge < -0.3 is 15.1 Å².